The van der Waals surface area contributed by atoms with Gasteiger partial charge in [-0.3, -0.25) is 4.79 Å². The smallest absolute Gasteiger partial charge is 0.226 e. The number of carbonyl (C=O) groups excluding carboxylic acids is 1. The highest BCUT2D eigenvalue weighted by molar-refractivity contribution is 5.81. The van der Waals surface area contributed by atoms with E-state index in [-0.39, 0.29) is 11.5 Å². The molecule has 0 N–H and O–H groups in total. The maximum absolute atomic E-state index is 11.9. The van der Waals surface area contributed by atoms with E-state index in [1.54, 1.807) is 0 Å². The van der Waals surface area contributed by atoms with Gasteiger partial charge in [-0.2, -0.15) is 0 Å². The average molecular weight is 183 g/mol. The topological polar surface area (TPSA) is 20.3 Å². The van der Waals surface area contributed by atoms with E-state index >= 15 is 0 Å². The number of carbonyl (C=O) groups is 1. The van der Waals surface area contributed by atoms with Crippen molar-refractivity contribution < 1.29 is 4.79 Å². The second kappa shape index (κ2) is 3.32. The van der Waals surface area contributed by atoms with Gasteiger partial charge in [0.2, 0.25) is 5.91 Å². The van der Waals surface area contributed by atoms with Crippen LogP contribution >= 0.6 is 0 Å². The van der Waals surface area contributed by atoms with E-state index in [2.05, 4.69) is 34.6 Å². The molecule has 1 aliphatic heterocycles. The van der Waals surface area contributed by atoms with Gasteiger partial charge in [-0.15, -0.1) is 0 Å². The van der Waals surface area contributed by atoms with Crippen LogP contribution in [0.15, 0.2) is 0 Å². The molecule has 1 atom stereocenters. The zero-order valence-corrected chi connectivity index (χ0v) is 9.42. The Morgan fingerprint density at radius 1 is 1.38 bits per heavy atom. The first kappa shape index (κ1) is 10.6. The van der Waals surface area contributed by atoms with Crippen LogP contribution in [0.4, 0.5) is 0 Å². The summed E-state index contributed by atoms with van der Waals surface area (Å²) in [5.41, 5.74) is 0.000718. The highest BCUT2D eigenvalue weighted by atomic mass is 16.2. The molecule has 1 heterocycles. The molecule has 0 aromatic heterocycles. The molecule has 0 aromatic rings. The molecule has 1 fully saturated rings. The lowest BCUT2D eigenvalue weighted by Gasteiger charge is -2.32. The lowest BCUT2D eigenvalue weighted by atomic mass is 9.94. The number of amides is 1. The molecule has 13 heavy (non-hydrogen) atoms. The van der Waals surface area contributed by atoms with Gasteiger partial charge in [0, 0.05) is 18.0 Å². The van der Waals surface area contributed by atoms with Gasteiger partial charge in [-0.1, -0.05) is 13.8 Å². The average Bonchev–Trinajstić information content (AvgIpc) is 2.28. The van der Waals surface area contributed by atoms with E-state index in [0.29, 0.717) is 11.8 Å². The number of likely N-dealkylation sites (tertiary alicyclic amines) is 1. The van der Waals surface area contributed by atoms with E-state index in [1.807, 2.05) is 4.90 Å². The van der Waals surface area contributed by atoms with E-state index in [1.165, 1.54) is 0 Å². The third-order valence-corrected chi connectivity index (χ3v) is 2.86. The fraction of sp³-hybridized carbons (Fsp3) is 0.909. The standard InChI is InChI=1S/C11H21NO/c1-8(2)9-6-7-12(10(9)13)11(3,4)5/h8-9H,6-7H2,1-5H3. The predicted molar refractivity (Wildman–Crippen MR) is 54.4 cm³/mol. The summed E-state index contributed by atoms with van der Waals surface area (Å²) in [6.45, 7) is 11.5. The van der Waals surface area contributed by atoms with Gasteiger partial charge in [0.25, 0.3) is 0 Å². The molecule has 2 heteroatoms. The van der Waals surface area contributed by atoms with Gasteiger partial charge in [0.15, 0.2) is 0 Å². The normalized spacial score (nSPS) is 24.6. The summed E-state index contributed by atoms with van der Waals surface area (Å²) in [4.78, 5) is 13.9. The SMILES string of the molecule is CC(C)C1CCN(C(C)(C)C)C1=O. The van der Waals surface area contributed by atoms with Crippen LogP contribution in [0.3, 0.4) is 0 Å². The Morgan fingerprint density at radius 3 is 2.15 bits per heavy atom. The molecular weight excluding hydrogens is 162 g/mol. The molecule has 0 spiro atoms. The van der Waals surface area contributed by atoms with Crippen LogP contribution in [0.2, 0.25) is 0 Å². The summed E-state index contributed by atoms with van der Waals surface area (Å²) in [5, 5.41) is 0. The maximum Gasteiger partial charge on any atom is 0.226 e. The molecule has 76 valence electrons. The third kappa shape index (κ3) is 2.04. The molecule has 1 aliphatic rings. The fourth-order valence-electron chi connectivity index (χ4n) is 1.99. The number of hydrogen-bond acceptors (Lipinski definition) is 1. The van der Waals surface area contributed by atoms with Gasteiger partial charge in [-0.05, 0) is 33.1 Å². The molecule has 0 radical (unpaired) electrons. The summed E-state index contributed by atoms with van der Waals surface area (Å²) in [6.07, 6.45) is 1.04. The quantitative estimate of drug-likeness (QED) is 0.611. The van der Waals surface area contributed by atoms with Gasteiger partial charge in [-0.25, -0.2) is 0 Å². The molecule has 1 rings (SSSR count). The molecule has 1 saturated heterocycles. The first-order chi connectivity index (χ1) is 5.84. The zero-order valence-electron chi connectivity index (χ0n) is 9.42. The monoisotopic (exact) mass is 183 g/mol. The van der Waals surface area contributed by atoms with Crippen LogP contribution in [0, 0.1) is 11.8 Å². The minimum atomic E-state index is 0.000718. The molecule has 0 aromatic carbocycles. The van der Waals surface area contributed by atoms with Gasteiger partial charge < -0.3 is 4.90 Å². The summed E-state index contributed by atoms with van der Waals surface area (Å²) < 4.78 is 0. The summed E-state index contributed by atoms with van der Waals surface area (Å²) >= 11 is 0. The highest BCUT2D eigenvalue weighted by Crippen LogP contribution is 2.30. The first-order valence-corrected chi connectivity index (χ1v) is 5.15. The molecule has 1 unspecified atom stereocenters. The number of nitrogens with zero attached hydrogens (tertiary/aromatic N) is 1. The van der Waals surface area contributed by atoms with Gasteiger partial charge in [0.1, 0.15) is 0 Å². The Hall–Kier alpha value is -0.530. The highest BCUT2D eigenvalue weighted by Gasteiger charge is 2.38. The van der Waals surface area contributed by atoms with Crippen molar-refractivity contribution in [3.05, 3.63) is 0 Å². The largest absolute Gasteiger partial charge is 0.338 e. The van der Waals surface area contributed by atoms with Crippen LogP contribution in [-0.2, 0) is 4.79 Å². The van der Waals surface area contributed by atoms with Gasteiger partial charge >= 0.3 is 0 Å². The Bertz CT molecular complexity index is 203. The predicted octanol–water partition coefficient (Wildman–Crippen LogP) is 2.29. The summed E-state index contributed by atoms with van der Waals surface area (Å²) in [6, 6.07) is 0. The number of rotatable bonds is 1. The van der Waals surface area contributed by atoms with Crippen molar-refractivity contribution in [3.8, 4) is 0 Å². The van der Waals surface area contributed by atoms with E-state index in [4.69, 9.17) is 0 Å². The minimum absolute atomic E-state index is 0.000718. The second-order valence-corrected chi connectivity index (χ2v) is 5.30. The lowest BCUT2D eigenvalue weighted by molar-refractivity contribution is -0.135. The molecule has 2 nitrogen and oxygen atoms in total. The van der Waals surface area contributed by atoms with Crippen molar-refractivity contribution in [2.75, 3.05) is 6.54 Å². The molecule has 0 bridgehead atoms. The molecule has 1 amide bonds. The minimum Gasteiger partial charge on any atom is -0.338 e. The van der Waals surface area contributed by atoms with E-state index in [9.17, 15) is 4.79 Å². The van der Waals surface area contributed by atoms with Crippen molar-refractivity contribution in [2.24, 2.45) is 11.8 Å². The van der Waals surface area contributed by atoms with Crippen molar-refractivity contribution in [3.63, 3.8) is 0 Å². The van der Waals surface area contributed by atoms with Crippen LogP contribution < -0.4 is 0 Å². The summed E-state index contributed by atoms with van der Waals surface area (Å²) in [7, 11) is 0. The van der Waals surface area contributed by atoms with Crippen LogP contribution in [0.25, 0.3) is 0 Å². The first-order valence-electron chi connectivity index (χ1n) is 5.15. The molecule has 0 aliphatic carbocycles. The Kier molecular flexibility index (Phi) is 2.69. The van der Waals surface area contributed by atoms with E-state index < -0.39 is 0 Å². The van der Waals surface area contributed by atoms with Crippen LogP contribution in [0.5, 0.6) is 0 Å². The van der Waals surface area contributed by atoms with E-state index in [0.717, 1.165) is 13.0 Å². The summed E-state index contributed by atoms with van der Waals surface area (Å²) in [5.74, 6) is 1.10. The van der Waals surface area contributed by atoms with Gasteiger partial charge in [0.05, 0.1) is 0 Å². The van der Waals surface area contributed by atoms with Crippen LogP contribution in [0.1, 0.15) is 41.0 Å². The fourth-order valence-corrected chi connectivity index (χ4v) is 1.99. The van der Waals surface area contributed by atoms with Crippen molar-refractivity contribution >= 4 is 5.91 Å². The second-order valence-electron chi connectivity index (χ2n) is 5.30. The van der Waals surface area contributed by atoms with Crippen molar-refractivity contribution in [2.45, 2.75) is 46.6 Å². The van der Waals surface area contributed by atoms with Crippen molar-refractivity contribution in [1.29, 1.82) is 0 Å². The Morgan fingerprint density at radius 2 is 1.92 bits per heavy atom. The number of hydrogen-bond donors (Lipinski definition) is 0. The maximum atomic E-state index is 11.9. The van der Waals surface area contributed by atoms with Crippen molar-refractivity contribution in [1.82, 2.24) is 4.90 Å². The Labute approximate surface area is 81.3 Å². The lowest BCUT2D eigenvalue weighted by Crippen LogP contribution is -2.43. The van der Waals surface area contributed by atoms with Crippen LogP contribution in [-0.4, -0.2) is 22.9 Å². The third-order valence-electron chi connectivity index (χ3n) is 2.86. The Balaban J connectivity index is 2.72. The molecule has 0 saturated carbocycles. The molecular formula is C11H21NO. The zero-order chi connectivity index (χ0) is 10.2.